The molecule has 0 aliphatic rings. The van der Waals surface area contributed by atoms with Gasteiger partial charge in [-0.1, -0.05) is 6.08 Å². The van der Waals surface area contributed by atoms with E-state index in [0.29, 0.717) is 12.1 Å². The number of ether oxygens (including phenoxy) is 1. The largest absolute Gasteiger partial charge is 0.484 e. The van der Waals surface area contributed by atoms with Crippen molar-refractivity contribution in [1.82, 2.24) is 5.32 Å². The van der Waals surface area contributed by atoms with Crippen LogP contribution < -0.4 is 10.1 Å². The minimum atomic E-state index is -4.97. The summed E-state index contributed by atoms with van der Waals surface area (Å²) in [5, 5.41) is 2.27. The number of carbonyl (C=O) groups excluding carboxylic acids is 1. The monoisotopic (exact) mass is 327 g/mol. The van der Waals surface area contributed by atoms with Crippen molar-refractivity contribution < 1.29 is 35.9 Å². The number of rotatable bonds is 5. The van der Waals surface area contributed by atoms with Gasteiger partial charge in [-0.05, 0) is 18.2 Å². The first-order valence-electron chi connectivity index (χ1n) is 5.84. The molecule has 1 aromatic rings. The zero-order valence-corrected chi connectivity index (χ0v) is 11.0. The third-order valence-electron chi connectivity index (χ3n) is 2.37. The van der Waals surface area contributed by atoms with Gasteiger partial charge in [-0.15, -0.1) is 6.58 Å². The molecule has 0 unspecified atom stereocenters. The summed E-state index contributed by atoms with van der Waals surface area (Å²) >= 11 is 0. The van der Waals surface area contributed by atoms with E-state index in [9.17, 15) is 31.1 Å². The average Bonchev–Trinajstić information content (AvgIpc) is 2.40. The Balaban J connectivity index is 2.99. The number of halogens is 6. The molecule has 0 aromatic heterocycles. The van der Waals surface area contributed by atoms with Crippen molar-refractivity contribution in [2.45, 2.75) is 12.4 Å². The summed E-state index contributed by atoms with van der Waals surface area (Å²) in [6.07, 6.45) is -8.58. The molecule has 0 heterocycles. The molecule has 0 aliphatic carbocycles. The highest BCUT2D eigenvalue weighted by atomic mass is 19.4. The minimum Gasteiger partial charge on any atom is -0.484 e. The van der Waals surface area contributed by atoms with Crippen LogP contribution in [0.5, 0.6) is 5.75 Å². The fourth-order valence-electron chi connectivity index (χ4n) is 1.40. The maximum Gasteiger partial charge on any atom is 0.416 e. The molecule has 1 rings (SSSR count). The maximum atomic E-state index is 12.6. The molecule has 0 fully saturated rings. The molecule has 1 amide bonds. The first-order chi connectivity index (χ1) is 10.0. The molecule has 122 valence electrons. The van der Waals surface area contributed by atoms with E-state index in [1.54, 1.807) is 0 Å². The molecule has 22 heavy (non-hydrogen) atoms. The van der Waals surface area contributed by atoms with Crippen LogP contribution in [0.2, 0.25) is 0 Å². The van der Waals surface area contributed by atoms with Crippen LogP contribution in [0.3, 0.4) is 0 Å². The van der Waals surface area contributed by atoms with Gasteiger partial charge in [0.05, 0.1) is 11.1 Å². The lowest BCUT2D eigenvalue weighted by molar-refractivity contribution is -0.143. The van der Waals surface area contributed by atoms with E-state index >= 15 is 0 Å². The van der Waals surface area contributed by atoms with E-state index in [-0.39, 0.29) is 12.6 Å². The van der Waals surface area contributed by atoms with E-state index in [0.717, 1.165) is 0 Å². The summed E-state index contributed by atoms with van der Waals surface area (Å²) in [5.74, 6) is -1.40. The lowest BCUT2D eigenvalue weighted by atomic mass is 10.1. The molecule has 0 saturated heterocycles. The number of alkyl halides is 6. The molecular formula is C13H11F6NO2. The Bertz CT molecular complexity index is 518. The molecule has 0 radical (unpaired) electrons. The maximum absolute atomic E-state index is 12.6. The highest BCUT2D eigenvalue weighted by Gasteiger charge is 2.37. The van der Waals surface area contributed by atoms with E-state index in [1.807, 2.05) is 0 Å². The first-order valence-corrected chi connectivity index (χ1v) is 5.84. The molecule has 3 nitrogen and oxygen atoms in total. The van der Waals surface area contributed by atoms with Gasteiger partial charge in [0.15, 0.2) is 6.61 Å². The molecular weight excluding hydrogens is 316 g/mol. The second-order valence-electron chi connectivity index (χ2n) is 4.12. The lowest BCUT2D eigenvalue weighted by Gasteiger charge is -2.14. The predicted octanol–water partition coefficient (Wildman–Crippen LogP) is 3.41. The molecule has 1 N–H and O–H groups in total. The zero-order chi connectivity index (χ0) is 17.0. The molecule has 0 bridgehead atoms. The SMILES string of the molecule is C=CCNC(=O)COc1cc(C(F)(F)F)cc(C(F)(F)F)c1. The molecule has 0 aliphatic heterocycles. The fraction of sp³-hybridized carbons (Fsp3) is 0.308. The van der Waals surface area contributed by atoms with Crippen molar-refractivity contribution in [2.24, 2.45) is 0 Å². The second-order valence-corrected chi connectivity index (χ2v) is 4.12. The lowest BCUT2D eigenvalue weighted by Crippen LogP contribution is -2.28. The Morgan fingerprint density at radius 1 is 1.09 bits per heavy atom. The van der Waals surface area contributed by atoms with Crippen molar-refractivity contribution in [2.75, 3.05) is 13.2 Å². The van der Waals surface area contributed by atoms with Gasteiger partial charge in [-0.3, -0.25) is 4.79 Å². The summed E-state index contributed by atoms with van der Waals surface area (Å²) in [7, 11) is 0. The van der Waals surface area contributed by atoms with Gasteiger partial charge in [0.25, 0.3) is 5.91 Å². The van der Waals surface area contributed by atoms with E-state index < -0.39 is 41.7 Å². The number of hydrogen-bond donors (Lipinski definition) is 1. The summed E-state index contributed by atoms with van der Waals surface area (Å²) < 4.78 is 80.2. The van der Waals surface area contributed by atoms with Crippen LogP contribution >= 0.6 is 0 Å². The summed E-state index contributed by atoms with van der Waals surface area (Å²) in [6.45, 7) is 2.70. The normalized spacial score (nSPS) is 11.9. The summed E-state index contributed by atoms with van der Waals surface area (Å²) in [5.41, 5.74) is -3.02. The Morgan fingerprint density at radius 2 is 1.59 bits per heavy atom. The standard InChI is InChI=1S/C13H11F6NO2/c1-2-3-20-11(21)7-22-10-5-8(12(14,15)16)4-9(6-10)13(17,18)19/h2,4-6H,1,3,7H2,(H,20,21). The van der Waals surface area contributed by atoms with Gasteiger partial charge < -0.3 is 10.1 Å². The molecule has 9 heteroatoms. The number of carbonyl (C=O) groups is 1. The number of nitrogens with one attached hydrogen (secondary N) is 1. The van der Waals surface area contributed by atoms with Crippen molar-refractivity contribution in [1.29, 1.82) is 0 Å². The predicted molar refractivity (Wildman–Crippen MR) is 65.1 cm³/mol. The molecule has 0 spiro atoms. The Labute approximate surface area is 121 Å². The van der Waals surface area contributed by atoms with Crippen LogP contribution in [-0.4, -0.2) is 19.1 Å². The van der Waals surface area contributed by atoms with Crippen LogP contribution in [0.25, 0.3) is 0 Å². The highest BCUT2D eigenvalue weighted by Crippen LogP contribution is 2.38. The van der Waals surface area contributed by atoms with Crippen LogP contribution in [0.4, 0.5) is 26.3 Å². The van der Waals surface area contributed by atoms with Gasteiger partial charge in [0, 0.05) is 6.54 Å². The van der Waals surface area contributed by atoms with Crippen molar-refractivity contribution in [3.63, 3.8) is 0 Å². The van der Waals surface area contributed by atoms with Crippen molar-refractivity contribution >= 4 is 5.91 Å². The fourth-order valence-corrected chi connectivity index (χ4v) is 1.40. The van der Waals surface area contributed by atoms with Gasteiger partial charge in [-0.25, -0.2) is 0 Å². The van der Waals surface area contributed by atoms with Crippen LogP contribution in [0.15, 0.2) is 30.9 Å². The molecule has 0 saturated carbocycles. The van der Waals surface area contributed by atoms with E-state index in [1.165, 1.54) is 6.08 Å². The Kier molecular flexibility index (Phi) is 5.45. The second kappa shape index (κ2) is 6.71. The van der Waals surface area contributed by atoms with E-state index in [2.05, 4.69) is 11.9 Å². The van der Waals surface area contributed by atoms with Crippen molar-refractivity contribution in [3.8, 4) is 5.75 Å². The third kappa shape index (κ3) is 5.30. The van der Waals surface area contributed by atoms with Crippen molar-refractivity contribution in [3.05, 3.63) is 42.0 Å². The highest BCUT2D eigenvalue weighted by molar-refractivity contribution is 5.77. The topological polar surface area (TPSA) is 38.3 Å². The Hall–Kier alpha value is -2.19. The van der Waals surface area contributed by atoms with Gasteiger partial charge in [0.1, 0.15) is 5.75 Å². The van der Waals surface area contributed by atoms with Crippen LogP contribution in [0, 0.1) is 0 Å². The van der Waals surface area contributed by atoms with Crippen LogP contribution in [-0.2, 0) is 17.1 Å². The average molecular weight is 327 g/mol. The van der Waals surface area contributed by atoms with Gasteiger partial charge in [0.2, 0.25) is 0 Å². The summed E-state index contributed by atoms with van der Waals surface area (Å²) in [4.78, 5) is 11.2. The van der Waals surface area contributed by atoms with E-state index in [4.69, 9.17) is 4.74 Å². The number of amides is 1. The Morgan fingerprint density at radius 3 is 2.00 bits per heavy atom. The van der Waals surface area contributed by atoms with Gasteiger partial charge >= 0.3 is 12.4 Å². The first kappa shape index (κ1) is 17.9. The number of benzene rings is 1. The third-order valence-corrected chi connectivity index (χ3v) is 2.37. The molecule has 0 atom stereocenters. The summed E-state index contributed by atoms with van der Waals surface area (Å²) in [6, 6.07) is 0.774. The minimum absolute atomic E-state index is 0.0232. The van der Waals surface area contributed by atoms with Gasteiger partial charge in [-0.2, -0.15) is 26.3 Å². The smallest absolute Gasteiger partial charge is 0.416 e. The zero-order valence-electron chi connectivity index (χ0n) is 11.0. The van der Waals surface area contributed by atoms with Crippen LogP contribution in [0.1, 0.15) is 11.1 Å². The quantitative estimate of drug-likeness (QED) is 0.665. The molecule has 1 aromatic carbocycles. The number of hydrogen-bond acceptors (Lipinski definition) is 2.